The second-order valence-corrected chi connectivity index (χ2v) is 5.77. The Hall–Kier alpha value is -2.60. The van der Waals surface area contributed by atoms with Crippen LogP contribution in [0.1, 0.15) is 20.1 Å². The zero-order valence-corrected chi connectivity index (χ0v) is 12.1. The fourth-order valence-electron chi connectivity index (χ4n) is 1.88. The number of aromatic nitrogens is 4. The predicted molar refractivity (Wildman–Crippen MR) is 81.6 cm³/mol. The summed E-state index contributed by atoms with van der Waals surface area (Å²) in [5.74, 6) is -0.0454. The number of benzene rings is 1. The van der Waals surface area contributed by atoms with Crippen molar-refractivity contribution >= 4 is 23.2 Å². The number of ketones is 1. The highest BCUT2D eigenvalue weighted by Crippen LogP contribution is 2.17. The van der Waals surface area contributed by atoms with Crippen molar-refractivity contribution in [3.05, 3.63) is 64.1 Å². The number of hydrogen-bond donors (Lipinski definition) is 0. The van der Waals surface area contributed by atoms with Gasteiger partial charge in [0.05, 0.1) is 5.69 Å². The molecule has 0 aliphatic carbocycles. The number of thiophene rings is 1. The molecule has 0 saturated carbocycles. The van der Waals surface area contributed by atoms with E-state index < -0.39 is 0 Å². The first kappa shape index (κ1) is 13.4. The summed E-state index contributed by atoms with van der Waals surface area (Å²) >= 11 is 1.66. The minimum Gasteiger partial charge on any atom is -0.289 e. The first-order valence-electron chi connectivity index (χ1n) is 6.35. The summed E-state index contributed by atoms with van der Waals surface area (Å²) in [7, 11) is 0. The smallest absolute Gasteiger partial charge is 0.185 e. The zero-order chi connectivity index (χ0) is 14.7. The van der Waals surface area contributed by atoms with Crippen LogP contribution in [0.25, 0.3) is 11.8 Å². The van der Waals surface area contributed by atoms with Gasteiger partial charge in [-0.25, -0.2) is 4.68 Å². The number of allylic oxidation sites excluding steroid dienone is 1. The van der Waals surface area contributed by atoms with Gasteiger partial charge in [0.25, 0.3) is 0 Å². The number of carbonyl (C=O) groups is 1. The molecule has 0 fully saturated rings. The van der Waals surface area contributed by atoms with E-state index in [9.17, 15) is 4.79 Å². The molecule has 0 unspecified atom stereocenters. The van der Waals surface area contributed by atoms with Crippen LogP contribution in [0, 0.1) is 6.92 Å². The Labute approximate surface area is 125 Å². The maximum absolute atomic E-state index is 12.2. The number of aryl methyl sites for hydroxylation is 1. The van der Waals surface area contributed by atoms with E-state index in [1.807, 2.05) is 37.3 Å². The summed E-state index contributed by atoms with van der Waals surface area (Å²) < 4.78 is 1.52. The van der Waals surface area contributed by atoms with E-state index in [4.69, 9.17) is 0 Å². The van der Waals surface area contributed by atoms with Crippen molar-refractivity contribution in [1.29, 1.82) is 0 Å². The van der Waals surface area contributed by atoms with Crippen LogP contribution in [0.15, 0.2) is 48.8 Å². The van der Waals surface area contributed by atoms with Crippen molar-refractivity contribution in [3.63, 3.8) is 0 Å². The summed E-state index contributed by atoms with van der Waals surface area (Å²) in [4.78, 5) is 14.5. The third kappa shape index (κ3) is 3.11. The van der Waals surface area contributed by atoms with Crippen LogP contribution in [0.5, 0.6) is 0 Å². The van der Waals surface area contributed by atoms with Gasteiger partial charge in [0.1, 0.15) is 6.33 Å². The van der Waals surface area contributed by atoms with Gasteiger partial charge in [0.2, 0.25) is 0 Å². The van der Waals surface area contributed by atoms with Gasteiger partial charge < -0.3 is 0 Å². The fraction of sp³-hybridized carbons (Fsp3) is 0.0667. The molecule has 0 spiro atoms. The molecule has 0 amide bonds. The number of hydrogen-bond acceptors (Lipinski definition) is 5. The molecule has 0 aliphatic rings. The number of carbonyl (C=O) groups excluding carboxylic acids is 1. The van der Waals surface area contributed by atoms with Crippen LogP contribution in [0.3, 0.4) is 0 Å². The van der Waals surface area contributed by atoms with Gasteiger partial charge in [0, 0.05) is 15.3 Å². The van der Waals surface area contributed by atoms with Crippen LogP contribution >= 0.6 is 11.3 Å². The molecular formula is C15H12N4OS. The molecule has 0 radical (unpaired) electrons. The van der Waals surface area contributed by atoms with Crippen molar-refractivity contribution in [2.75, 3.05) is 0 Å². The summed E-state index contributed by atoms with van der Waals surface area (Å²) in [6, 6.07) is 11.2. The topological polar surface area (TPSA) is 60.7 Å². The molecule has 0 atom stereocenters. The van der Waals surface area contributed by atoms with Gasteiger partial charge in [-0.15, -0.1) is 16.4 Å². The lowest BCUT2D eigenvalue weighted by Gasteiger charge is -2.01. The van der Waals surface area contributed by atoms with E-state index in [1.54, 1.807) is 29.5 Å². The standard InChI is InChI=1S/C15H12N4OS/c1-11-5-6-14(21-11)7-8-15(20)12-3-2-4-13(9-12)19-10-16-17-18-19/h2-10H,1H3/b8-7+. The maximum Gasteiger partial charge on any atom is 0.185 e. The van der Waals surface area contributed by atoms with Crippen LogP contribution in [0.4, 0.5) is 0 Å². The van der Waals surface area contributed by atoms with E-state index in [0.29, 0.717) is 5.56 Å². The quantitative estimate of drug-likeness (QED) is 0.548. The van der Waals surface area contributed by atoms with Crippen molar-refractivity contribution in [2.45, 2.75) is 6.92 Å². The second-order valence-electron chi connectivity index (χ2n) is 4.45. The third-order valence-electron chi connectivity index (χ3n) is 2.90. The molecule has 3 rings (SSSR count). The highest BCUT2D eigenvalue weighted by atomic mass is 32.1. The molecule has 2 aromatic heterocycles. The SMILES string of the molecule is Cc1ccc(/C=C/C(=O)c2cccc(-n3cnnn3)c2)s1. The average Bonchev–Trinajstić information content (AvgIpc) is 3.16. The Morgan fingerprint density at radius 2 is 2.19 bits per heavy atom. The summed E-state index contributed by atoms with van der Waals surface area (Å²) in [5, 5.41) is 11.0. The van der Waals surface area contributed by atoms with E-state index >= 15 is 0 Å². The van der Waals surface area contributed by atoms with Gasteiger partial charge in [-0.3, -0.25) is 4.79 Å². The van der Waals surface area contributed by atoms with Crippen molar-refractivity contribution in [2.24, 2.45) is 0 Å². The molecule has 0 saturated heterocycles. The highest BCUT2D eigenvalue weighted by molar-refractivity contribution is 7.12. The van der Waals surface area contributed by atoms with Crippen LogP contribution < -0.4 is 0 Å². The Kier molecular flexibility index (Phi) is 3.70. The number of rotatable bonds is 4. The van der Waals surface area contributed by atoms with Gasteiger partial charge >= 0.3 is 0 Å². The van der Waals surface area contributed by atoms with Crippen molar-refractivity contribution in [3.8, 4) is 5.69 Å². The van der Waals surface area contributed by atoms with Crippen molar-refractivity contribution in [1.82, 2.24) is 20.2 Å². The molecule has 1 aromatic carbocycles. The Balaban J connectivity index is 1.82. The van der Waals surface area contributed by atoms with Gasteiger partial charge in [-0.05, 0) is 53.8 Å². The fourth-order valence-corrected chi connectivity index (χ4v) is 2.66. The van der Waals surface area contributed by atoms with E-state index in [-0.39, 0.29) is 5.78 Å². The van der Waals surface area contributed by atoms with Gasteiger partial charge in [-0.2, -0.15) is 0 Å². The van der Waals surface area contributed by atoms with E-state index in [0.717, 1.165) is 10.6 Å². The highest BCUT2D eigenvalue weighted by Gasteiger charge is 2.05. The average molecular weight is 296 g/mol. The summed E-state index contributed by atoms with van der Waals surface area (Å²) in [6.07, 6.45) is 4.92. The van der Waals surface area contributed by atoms with Gasteiger partial charge in [0.15, 0.2) is 5.78 Å². The molecule has 0 aliphatic heterocycles. The second kappa shape index (κ2) is 5.80. The molecular weight excluding hydrogens is 284 g/mol. The minimum atomic E-state index is -0.0454. The lowest BCUT2D eigenvalue weighted by atomic mass is 10.1. The predicted octanol–water partition coefficient (Wildman–Crippen LogP) is 2.93. The summed E-state index contributed by atoms with van der Waals surface area (Å²) in [5.41, 5.74) is 1.36. The first-order chi connectivity index (χ1) is 10.2. The Morgan fingerprint density at radius 1 is 1.29 bits per heavy atom. The third-order valence-corrected chi connectivity index (χ3v) is 3.87. The normalized spacial score (nSPS) is 11.1. The molecule has 6 heteroatoms. The van der Waals surface area contributed by atoms with Gasteiger partial charge in [-0.1, -0.05) is 12.1 Å². The lowest BCUT2D eigenvalue weighted by Crippen LogP contribution is -1.99. The number of tetrazole rings is 1. The molecule has 104 valence electrons. The van der Waals surface area contributed by atoms with Crippen LogP contribution in [0.2, 0.25) is 0 Å². The first-order valence-corrected chi connectivity index (χ1v) is 7.16. The van der Waals surface area contributed by atoms with Crippen LogP contribution in [-0.2, 0) is 0 Å². The van der Waals surface area contributed by atoms with Crippen LogP contribution in [-0.4, -0.2) is 26.0 Å². The van der Waals surface area contributed by atoms with Crippen molar-refractivity contribution < 1.29 is 4.79 Å². The molecule has 21 heavy (non-hydrogen) atoms. The lowest BCUT2D eigenvalue weighted by molar-refractivity contribution is 0.104. The largest absolute Gasteiger partial charge is 0.289 e. The number of nitrogens with zero attached hydrogens (tertiary/aromatic N) is 4. The molecule has 0 N–H and O–H groups in total. The zero-order valence-electron chi connectivity index (χ0n) is 11.3. The molecule has 3 aromatic rings. The monoisotopic (exact) mass is 296 g/mol. The summed E-state index contributed by atoms with van der Waals surface area (Å²) in [6.45, 7) is 2.04. The van der Waals surface area contributed by atoms with E-state index in [1.165, 1.54) is 15.9 Å². The maximum atomic E-state index is 12.2. The minimum absolute atomic E-state index is 0.0454. The Bertz CT molecular complexity index is 790. The molecule has 5 nitrogen and oxygen atoms in total. The molecule has 2 heterocycles. The Morgan fingerprint density at radius 3 is 2.90 bits per heavy atom. The molecule has 0 bridgehead atoms. The van der Waals surface area contributed by atoms with E-state index in [2.05, 4.69) is 15.5 Å².